The molecule has 5 nitrogen and oxygen atoms in total. The van der Waals surface area contributed by atoms with Crippen LogP contribution in [0.3, 0.4) is 0 Å². The van der Waals surface area contributed by atoms with E-state index in [2.05, 4.69) is 66.7 Å². The van der Waals surface area contributed by atoms with Crippen LogP contribution in [-0.4, -0.2) is 29.2 Å². The van der Waals surface area contributed by atoms with E-state index in [9.17, 15) is 4.79 Å². The van der Waals surface area contributed by atoms with Gasteiger partial charge in [-0.1, -0.05) is 46.3 Å². The van der Waals surface area contributed by atoms with E-state index >= 15 is 0 Å². The fourth-order valence-electron chi connectivity index (χ4n) is 3.88. The molecule has 0 radical (unpaired) electrons. The lowest BCUT2D eigenvalue weighted by atomic mass is 9.90. The number of aromatic nitrogens is 2. The van der Waals surface area contributed by atoms with E-state index in [1.54, 1.807) is 6.07 Å². The molecule has 0 aliphatic carbocycles. The summed E-state index contributed by atoms with van der Waals surface area (Å²) in [6, 6.07) is 20.1. The van der Waals surface area contributed by atoms with Gasteiger partial charge in [0, 0.05) is 23.2 Å². The second-order valence-corrected chi connectivity index (χ2v) is 8.73. The van der Waals surface area contributed by atoms with E-state index in [0.29, 0.717) is 11.6 Å². The van der Waals surface area contributed by atoms with Crippen molar-refractivity contribution in [2.75, 3.05) is 23.3 Å². The van der Waals surface area contributed by atoms with Crippen molar-refractivity contribution in [1.82, 2.24) is 10.2 Å². The highest BCUT2D eigenvalue weighted by molar-refractivity contribution is 9.10. The largest absolute Gasteiger partial charge is 0.355 e. The zero-order chi connectivity index (χ0) is 20.9. The molecular weight excluding hydrogens is 440 g/mol. The van der Waals surface area contributed by atoms with Crippen molar-refractivity contribution in [1.29, 1.82) is 0 Å². The fraction of sp³-hybridized carbons (Fsp3) is 0.292. The van der Waals surface area contributed by atoms with Gasteiger partial charge in [-0.25, -0.2) is 0 Å². The first-order chi connectivity index (χ1) is 14.6. The number of halogens is 1. The Morgan fingerprint density at radius 2 is 1.83 bits per heavy atom. The number of amides is 1. The summed E-state index contributed by atoms with van der Waals surface area (Å²) in [6.07, 6.45) is 3.41. The minimum atomic E-state index is -0.249. The van der Waals surface area contributed by atoms with Gasteiger partial charge in [-0.15, -0.1) is 10.2 Å². The maximum absolute atomic E-state index is 12.5. The van der Waals surface area contributed by atoms with Crippen LogP contribution in [0.15, 0.2) is 65.1 Å². The average molecular weight is 465 g/mol. The van der Waals surface area contributed by atoms with Crippen LogP contribution in [0, 0.1) is 12.8 Å². The molecule has 0 atom stereocenters. The molecule has 6 heteroatoms. The molecule has 0 unspecified atom stereocenters. The highest BCUT2D eigenvalue weighted by Gasteiger charge is 2.21. The number of hydrogen-bond donors (Lipinski definition) is 1. The molecule has 2 aromatic carbocycles. The number of nitrogens with one attached hydrogen (secondary N) is 1. The Hall–Kier alpha value is -2.73. The minimum Gasteiger partial charge on any atom is -0.355 e. The van der Waals surface area contributed by atoms with Crippen LogP contribution >= 0.6 is 15.9 Å². The van der Waals surface area contributed by atoms with E-state index in [1.165, 1.54) is 5.56 Å². The Morgan fingerprint density at radius 3 is 2.50 bits per heavy atom. The first-order valence-electron chi connectivity index (χ1n) is 10.3. The first kappa shape index (κ1) is 20.5. The number of aryl methyl sites for hydroxylation is 1. The number of rotatable bonds is 5. The monoisotopic (exact) mass is 464 g/mol. The van der Waals surface area contributed by atoms with Crippen molar-refractivity contribution in [3.05, 3.63) is 82.0 Å². The number of anilines is 2. The van der Waals surface area contributed by atoms with Crippen molar-refractivity contribution in [2.24, 2.45) is 5.92 Å². The Balaban J connectivity index is 1.33. The number of hydrogen-bond acceptors (Lipinski definition) is 4. The average Bonchev–Trinajstić information content (AvgIpc) is 2.77. The molecule has 30 heavy (non-hydrogen) atoms. The molecule has 4 rings (SSSR count). The van der Waals surface area contributed by atoms with Crippen molar-refractivity contribution in [3.8, 4) is 0 Å². The predicted molar refractivity (Wildman–Crippen MR) is 124 cm³/mol. The molecule has 1 amide bonds. The van der Waals surface area contributed by atoms with E-state index in [4.69, 9.17) is 0 Å². The Kier molecular flexibility index (Phi) is 6.43. The second-order valence-electron chi connectivity index (χ2n) is 7.81. The van der Waals surface area contributed by atoms with E-state index < -0.39 is 0 Å². The summed E-state index contributed by atoms with van der Waals surface area (Å²) in [4.78, 5) is 14.8. The number of benzene rings is 2. The summed E-state index contributed by atoms with van der Waals surface area (Å²) in [7, 11) is 0. The van der Waals surface area contributed by atoms with Gasteiger partial charge in [0.1, 0.15) is 0 Å². The lowest BCUT2D eigenvalue weighted by Gasteiger charge is -2.32. The summed E-state index contributed by atoms with van der Waals surface area (Å²) in [5, 5.41) is 11.4. The first-order valence-corrected chi connectivity index (χ1v) is 11.1. The third-order valence-electron chi connectivity index (χ3n) is 5.63. The van der Waals surface area contributed by atoms with Crippen LogP contribution in [0.25, 0.3) is 0 Å². The quantitative estimate of drug-likeness (QED) is 0.559. The van der Waals surface area contributed by atoms with Crippen LogP contribution in [-0.2, 0) is 6.42 Å². The molecule has 2 heterocycles. The molecule has 1 saturated heterocycles. The van der Waals surface area contributed by atoms with E-state index in [0.717, 1.165) is 53.9 Å². The van der Waals surface area contributed by atoms with Crippen molar-refractivity contribution < 1.29 is 4.79 Å². The molecule has 154 valence electrons. The standard InChI is InChI=1S/C24H25BrN4O/c1-17-15-20(25)7-8-21(17)26-24(30)22-9-10-23(28-27-22)29-13-11-19(12-14-29)16-18-5-3-2-4-6-18/h2-10,15,19H,11-14,16H2,1H3,(H,26,30). The molecule has 1 aromatic heterocycles. The van der Waals surface area contributed by atoms with Gasteiger partial charge in [0.05, 0.1) is 0 Å². The number of piperidine rings is 1. The molecule has 1 fully saturated rings. The van der Waals surface area contributed by atoms with Gasteiger partial charge in [-0.2, -0.15) is 0 Å². The zero-order valence-electron chi connectivity index (χ0n) is 17.0. The number of carbonyl (C=O) groups is 1. The summed E-state index contributed by atoms with van der Waals surface area (Å²) < 4.78 is 0.981. The normalized spacial score (nSPS) is 14.5. The van der Waals surface area contributed by atoms with Crippen LogP contribution < -0.4 is 10.2 Å². The van der Waals surface area contributed by atoms with E-state index in [1.807, 2.05) is 31.2 Å². The highest BCUT2D eigenvalue weighted by Crippen LogP contribution is 2.25. The van der Waals surface area contributed by atoms with Gasteiger partial charge in [0.15, 0.2) is 11.5 Å². The maximum Gasteiger partial charge on any atom is 0.276 e. The van der Waals surface area contributed by atoms with Crippen molar-refractivity contribution in [2.45, 2.75) is 26.2 Å². The molecule has 1 aliphatic rings. The second kappa shape index (κ2) is 9.39. The third kappa shape index (κ3) is 5.05. The lowest BCUT2D eigenvalue weighted by Crippen LogP contribution is -2.35. The Bertz CT molecular complexity index is 999. The summed E-state index contributed by atoms with van der Waals surface area (Å²) in [5.41, 5.74) is 3.49. The smallest absolute Gasteiger partial charge is 0.276 e. The minimum absolute atomic E-state index is 0.249. The molecular formula is C24H25BrN4O. The fourth-order valence-corrected chi connectivity index (χ4v) is 4.36. The van der Waals surface area contributed by atoms with Crippen LogP contribution in [0.2, 0.25) is 0 Å². The topological polar surface area (TPSA) is 58.1 Å². The molecule has 1 N–H and O–H groups in total. The van der Waals surface area contributed by atoms with E-state index in [-0.39, 0.29) is 5.91 Å². The SMILES string of the molecule is Cc1cc(Br)ccc1NC(=O)c1ccc(N2CCC(Cc3ccccc3)CC2)nn1. The van der Waals surface area contributed by atoms with Crippen LogP contribution in [0.1, 0.15) is 34.5 Å². The van der Waals surface area contributed by atoms with Crippen LogP contribution in [0.5, 0.6) is 0 Å². The van der Waals surface area contributed by atoms with Crippen molar-refractivity contribution in [3.63, 3.8) is 0 Å². The molecule has 0 spiro atoms. The Morgan fingerprint density at radius 1 is 1.07 bits per heavy atom. The summed E-state index contributed by atoms with van der Waals surface area (Å²) in [6.45, 7) is 3.89. The van der Waals surface area contributed by atoms with Gasteiger partial charge in [-0.05, 0) is 73.6 Å². The molecule has 0 bridgehead atoms. The third-order valence-corrected chi connectivity index (χ3v) is 6.12. The number of nitrogens with zero attached hydrogens (tertiary/aromatic N) is 3. The van der Waals surface area contributed by atoms with Gasteiger partial charge in [0.25, 0.3) is 5.91 Å². The lowest BCUT2D eigenvalue weighted by molar-refractivity contribution is 0.102. The number of carbonyl (C=O) groups excluding carboxylic acids is 1. The highest BCUT2D eigenvalue weighted by atomic mass is 79.9. The zero-order valence-corrected chi connectivity index (χ0v) is 18.6. The van der Waals surface area contributed by atoms with Gasteiger partial charge < -0.3 is 10.2 Å². The van der Waals surface area contributed by atoms with Gasteiger partial charge >= 0.3 is 0 Å². The van der Waals surface area contributed by atoms with Crippen molar-refractivity contribution >= 4 is 33.3 Å². The molecule has 0 saturated carbocycles. The predicted octanol–water partition coefficient (Wildman–Crippen LogP) is 5.26. The van der Waals surface area contributed by atoms with Gasteiger partial charge in [0.2, 0.25) is 0 Å². The van der Waals surface area contributed by atoms with Gasteiger partial charge in [-0.3, -0.25) is 4.79 Å². The van der Waals surface area contributed by atoms with Crippen LogP contribution in [0.4, 0.5) is 11.5 Å². The molecule has 3 aromatic rings. The Labute approximate surface area is 185 Å². The summed E-state index contributed by atoms with van der Waals surface area (Å²) in [5.74, 6) is 1.29. The summed E-state index contributed by atoms with van der Waals surface area (Å²) >= 11 is 3.43. The molecule has 1 aliphatic heterocycles. The maximum atomic E-state index is 12.5.